The van der Waals surface area contributed by atoms with Gasteiger partial charge in [-0.2, -0.15) is 0 Å². The van der Waals surface area contributed by atoms with Crippen molar-refractivity contribution in [3.8, 4) is 11.4 Å². The molecule has 3 rings (SSSR count). The molecule has 0 fully saturated rings. The van der Waals surface area contributed by atoms with Crippen molar-refractivity contribution in [2.45, 2.75) is 33.6 Å². The van der Waals surface area contributed by atoms with E-state index >= 15 is 0 Å². The number of amides is 1. The Morgan fingerprint density at radius 1 is 1.27 bits per heavy atom. The largest absolute Gasteiger partial charge is 0.492 e. The van der Waals surface area contributed by atoms with Crippen LogP contribution in [-0.2, 0) is 0 Å². The standard InChI is InChI=1S/C17H20N6O2S/c1-5-25-13-9-7-6-8-12(13)23-11(4)14(19-22-23)15(24)18-17-21-20-16(26-17)10(2)3/h6-10H,5H2,1-4H3,(H,18,21,24). The summed E-state index contributed by atoms with van der Waals surface area (Å²) in [5, 5.41) is 20.3. The molecule has 0 atom stereocenters. The first-order chi connectivity index (χ1) is 12.5. The van der Waals surface area contributed by atoms with E-state index in [1.54, 1.807) is 11.6 Å². The van der Waals surface area contributed by atoms with Crippen molar-refractivity contribution in [1.82, 2.24) is 25.2 Å². The van der Waals surface area contributed by atoms with Crippen LogP contribution < -0.4 is 10.1 Å². The predicted octanol–water partition coefficient (Wildman–Crippen LogP) is 3.20. The minimum Gasteiger partial charge on any atom is -0.492 e. The summed E-state index contributed by atoms with van der Waals surface area (Å²) in [6.45, 7) is 8.29. The smallest absolute Gasteiger partial charge is 0.279 e. The van der Waals surface area contributed by atoms with Crippen LogP contribution >= 0.6 is 11.3 Å². The maximum Gasteiger partial charge on any atom is 0.279 e. The van der Waals surface area contributed by atoms with Gasteiger partial charge in [0, 0.05) is 5.92 Å². The quantitative estimate of drug-likeness (QED) is 0.714. The van der Waals surface area contributed by atoms with Crippen LogP contribution in [0.2, 0.25) is 0 Å². The van der Waals surface area contributed by atoms with E-state index in [0.29, 0.717) is 23.2 Å². The fourth-order valence-corrected chi connectivity index (χ4v) is 3.09. The van der Waals surface area contributed by atoms with Gasteiger partial charge in [0.05, 0.1) is 12.3 Å². The summed E-state index contributed by atoms with van der Waals surface area (Å²) in [4.78, 5) is 12.6. The number of ether oxygens (including phenoxy) is 1. The Morgan fingerprint density at radius 2 is 2.04 bits per heavy atom. The van der Waals surface area contributed by atoms with Crippen LogP contribution in [0, 0.1) is 6.92 Å². The van der Waals surface area contributed by atoms with Crippen molar-refractivity contribution >= 4 is 22.4 Å². The zero-order valence-electron chi connectivity index (χ0n) is 15.1. The highest BCUT2D eigenvalue weighted by molar-refractivity contribution is 7.15. The number of rotatable bonds is 6. The first kappa shape index (κ1) is 18.0. The zero-order chi connectivity index (χ0) is 18.7. The molecular weight excluding hydrogens is 352 g/mol. The molecule has 8 nitrogen and oxygen atoms in total. The molecule has 2 heterocycles. The third kappa shape index (κ3) is 3.57. The molecule has 0 saturated carbocycles. The summed E-state index contributed by atoms with van der Waals surface area (Å²) in [6, 6.07) is 7.49. The van der Waals surface area contributed by atoms with E-state index in [0.717, 1.165) is 10.7 Å². The number of carbonyl (C=O) groups excluding carboxylic acids is 1. The lowest BCUT2D eigenvalue weighted by atomic mass is 10.2. The molecule has 0 saturated heterocycles. The number of nitrogens with one attached hydrogen (secondary N) is 1. The first-order valence-corrected chi connectivity index (χ1v) is 9.12. The van der Waals surface area contributed by atoms with Crippen LogP contribution in [0.3, 0.4) is 0 Å². The van der Waals surface area contributed by atoms with E-state index in [1.165, 1.54) is 11.3 Å². The van der Waals surface area contributed by atoms with Gasteiger partial charge < -0.3 is 4.74 Å². The molecule has 0 bridgehead atoms. The molecule has 26 heavy (non-hydrogen) atoms. The molecule has 9 heteroatoms. The van der Waals surface area contributed by atoms with Crippen LogP contribution in [0.15, 0.2) is 24.3 Å². The van der Waals surface area contributed by atoms with Crippen LogP contribution in [0.25, 0.3) is 5.69 Å². The number of benzene rings is 1. The van der Waals surface area contributed by atoms with Gasteiger partial charge in [0.15, 0.2) is 5.69 Å². The molecule has 1 aromatic carbocycles. The second-order valence-electron chi connectivity index (χ2n) is 5.89. The van der Waals surface area contributed by atoms with E-state index < -0.39 is 0 Å². The highest BCUT2D eigenvalue weighted by atomic mass is 32.1. The third-order valence-electron chi connectivity index (χ3n) is 3.66. The molecule has 1 N–H and O–H groups in total. The molecular formula is C17H20N6O2S. The fourth-order valence-electron chi connectivity index (χ4n) is 2.35. The molecule has 0 spiro atoms. The lowest BCUT2D eigenvalue weighted by molar-refractivity contribution is 0.102. The number of anilines is 1. The molecule has 0 aliphatic carbocycles. The van der Waals surface area contributed by atoms with Crippen molar-refractivity contribution in [3.63, 3.8) is 0 Å². The second-order valence-corrected chi connectivity index (χ2v) is 6.90. The summed E-state index contributed by atoms with van der Waals surface area (Å²) in [5.41, 5.74) is 1.58. The molecule has 0 aliphatic heterocycles. The van der Waals surface area contributed by atoms with Crippen LogP contribution in [0.1, 0.15) is 47.9 Å². The van der Waals surface area contributed by atoms with Gasteiger partial charge in [-0.3, -0.25) is 10.1 Å². The zero-order valence-corrected chi connectivity index (χ0v) is 15.9. The van der Waals surface area contributed by atoms with E-state index in [9.17, 15) is 4.79 Å². The fraction of sp³-hybridized carbons (Fsp3) is 0.353. The topological polar surface area (TPSA) is 94.8 Å². The highest BCUT2D eigenvalue weighted by Gasteiger charge is 2.20. The Hall–Kier alpha value is -2.81. The average molecular weight is 372 g/mol. The lowest BCUT2D eigenvalue weighted by Gasteiger charge is -2.10. The molecule has 2 aromatic heterocycles. The number of carbonyl (C=O) groups is 1. The van der Waals surface area contributed by atoms with Crippen LogP contribution in [-0.4, -0.2) is 37.7 Å². The van der Waals surface area contributed by atoms with Gasteiger partial charge in [-0.15, -0.1) is 15.3 Å². The van der Waals surface area contributed by atoms with Gasteiger partial charge in [-0.25, -0.2) is 4.68 Å². The van der Waals surface area contributed by atoms with Gasteiger partial charge >= 0.3 is 0 Å². The average Bonchev–Trinajstić information content (AvgIpc) is 3.23. The van der Waals surface area contributed by atoms with Gasteiger partial charge in [-0.05, 0) is 26.0 Å². The number of nitrogens with zero attached hydrogens (tertiary/aromatic N) is 5. The van der Waals surface area contributed by atoms with Crippen LogP contribution in [0.4, 0.5) is 5.13 Å². The van der Waals surface area contributed by atoms with E-state index in [-0.39, 0.29) is 17.5 Å². The molecule has 0 aliphatic rings. The number of aromatic nitrogens is 5. The van der Waals surface area contributed by atoms with Crippen LogP contribution in [0.5, 0.6) is 5.75 Å². The molecule has 136 valence electrons. The summed E-state index contributed by atoms with van der Waals surface area (Å²) in [7, 11) is 0. The molecule has 1 amide bonds. The van der Waals surface area contributed by atoms with Crippen molar-refractivity contribution in [2.24, 2.45) is 0 Å². The summed E-state index contributed by atoms with van der Waals surface area (Å²) in [5.74, 6) is 0.575. The summed E-state index contributed by atoms with van der Waals surface area (Å²) >= 11 is 1.35. The molecule has 0 unspecified atom stereocenters. The number of hydrogen-bond donors (Lipinski definition) is 1. The Bertz CT molecular complexity index is 918. The first-order valence-electron chi connectivity index (χ1n) is 8.30. The SMILES string of the molecule is CCOc1ccccc1-n1nnc(C(=O)Nc2nnc(C(C)C)s2)c1C. The Balaban J connectivity index is 1.85. The lowest BCUT2D eigenvalue weighted by Crippen LogP contribution is -2.14. The summed E-state index contributed by atoms with van der Waals surface area (Å²) in [6.07, 6.45) is 0. The highest BCUT2D eigenvalue weighted by Crippen LogP contribution is 2.25. The minimum atomic E-state index is -0.367. The maximum atomic E-state index is 12.6. The van der Waals surface area contributed by atoms with E-state index in [2.05, 4.69) is 25.8 Å². The number of para-hydroxylation sites is 2. The maximum absolute atomic E-state index is 12.6. The molecule has 3 aromatic rings. The predicted molar refractivity (Wildman–Crippen MR) is 99.2 cm³/mol. The number of hydrogen-bond acceptors (Lipinski definition) is 7. The Labute approximate surface area is 155 Å². The van der Waals surface area contributed by atoms with Crippen molar-refractivity contribution in [2.75, 3.05) is 11.9 Å². The minimum absolute atomic E-state index is 0.234. The molecule has 0 radical (unpaired) electrons. The third-order valence-corrected chi connectivity index (χ3v) is 4.80. The van der Waals surface area contributed by atoms with Crippen molar-refractivity contribution in [3.05, 3.63) is 40.7 Å². The van der Waals surface area contributed by atoms with Crippen molar-refractivity contribution in [1.29, 1.82) is 0 Å². The van der Waals surface area contributed by atoms with E-state index in [4.69, 9.17) is 4.74 Å². The second kappa shape index (κ2) is 7.61. The van der Waals surface area contributed by atoms with Crippen molar-refractivity contribution < 1.29 is 9.53 Å². The van der Waals surface area contributed by atoms with Gasteiger partial charge in [0.25, 0.3) is 5.91 Å². The monoisotopic (exact) mass is 372 g/mol. The summed E-state index contributed by atoms with van der Waals surface area (Å²) < 4.78 is 7.23. The normalized spacial score (nSPS) is 11.0. The van der Waals surface area contributed by atoms with Gasteiger partial charge in [0.1, 0.15) is 16.4 Å². The van der Waals surface area contributed by atoms with Gasteiger partial charge in [-0.1, -0.05) is 42.5 Å². The van der Waals surface area contributed by atoms with Gasteiger partial charge in [0.2, 0.25) is 5.13 Å². The Kier molecular flexibility index (Phi) is 5.27. The van der Waals surface area contributed by atoms with E-state index in [1.807, 2.05) is 45.0 Å². The Morgan fingerprint density at radius 3 is 2.73 bits per heavy atom.